The lowest BCUT2D eigenvalue weighted by atomic mass is 9.94. The van der Waals surface area contributed by atoms with E-state index in [1.54, 1.807) is 11.8 Å². The van der Waals surface area contributed by atoms with Gasteiger partial charge < -0.3 is 24.2 Å². The highest BCUT2D eigenvalue weighted by molar-refractivity contribution is 7.14. The quantitative estimate of drug-likeness (QED) is 0.313. The number of ether oxygens (including phenoxy) is 3. The van der Waals surface area contributed by atoms with E-state index in [4.69, 9.17) is 14.2 Å². The van der Waals surface area contributed by atoms with Crippen molar-refractivity contribution in [2.45, 2.75) is 46.6 Å². The van der Waals surface area contributed by atoms with Crippen molar-refractivity contribution in [1.29, 1.82) is 0 Å². The summed E-state index contributed by atoms with van der Waals surface area (Å²) in [5.74, 6) is -0.271. The number of carbonyl (C=O) groups excluding carboxylic acids is 2. The van der Waals surface area contributed by atoms with Gasteiger partial charge in [-0.05, 0) is 44.9 Å². The second-order valence-electron chi connectivity index (χ2n) is 9.44. The Kier molecular flexibility index (Phi) is 9.40. The van der Waals surface area contributed by atoms with Gasteiger partial charge in [-0.3, -0.25) is 14.5 Å². The molecule has 9 nitrogen and oxygen atoms in total. The first kappa shape index (κ1) is 28.1. The minimum atomic E-state index is -0.762. The molecule has 2 aliphatic heterocycles. The van der Waals surface area contributed by atoms with Gasteiger partial charge in [0, 0.05) is 26.2 Å². The van der Waals surface area contributed by atoms with Crippen molar-refractivity contribution in [3.63, 3.8) is 0 Å². The predicted octanol–water partition coefficient (Wildman–Crippen LogP) is 4.25. The van der Waals surface area contributed by atoms with Crippen molar-refractivity contribution >= 4 is 23.0 Å². The number of hydrogen-bond donors (Lipinski definition) is 1. The van der Waals surface area contributed by atoms with Crippen molar-refractivity contribution < 1.29 is 28.9 Å². The predicted molar refractivity (Wildman–Crippen MR) is 145 cm³/mol. The standard InChI is InChI=1S/C28H37N3O6S/c1-5-7-14-37-21-9-8-20(17-22(21)36-6-2)24-23(25(32)27-18(3)29-19(4)38-27)26(33)28(34)31(24)11-10-30-12-15-35-16-13-30/h8-9,17,24,33H,5-7,10-16H2,1-4H3. The van der Waals surface area contributed by atoms with Crippen LogP contribution in [-0.2, 0) is 9.53 Å². The van der Waals surface area contributed by atoms with Gasteiger partial charge in [0.2, 0.25) is 5.78 Å². The maximum absolute atomic E-state index is 13.8. The van der Waals surface area contributed by atoms with Crippen molar-refractivity contribution in [2.24, 2.45) is 0 Å². The molecule has 1 aromatic heterocycles. The molecule has 0 saturated carbocycles. The van der Waals surface area contributed by atoms with E-state index in [-0.39, 0.29) is 11.4 Å². The summed E-state index contributed by atoms with van der Waals surface area (Å²) in [4.78, 5) is 35.8. The molecule has 206 valence electrons. The molecule has 2 aromatic rings. The van der Waals surface area contributed by atoms with Gasteiger partial charge in [-0.25, -0.2) is 4.98 Å². The van der Waals surface area contributed by atoms with Crippen molar-refractivity contribution in [3.8, 4) is 11.5 Å². The number of unbranched alkanes of at least 4 members (excludes halogenated alkanes) is 1. The van der Waals surface area contributed by atoms with Gasteiger partial charge in [0.25, 0.3) is 5.91 Å². The number of thiazole rings is 1. The van der Waals surface area contributed by atoms with E-state index < -0.39 is 17.7 Å². The Morgan fingerprint density at radius 1 is 1.16 bits per heavy atom. The third kappa shape index (κ3) is 6.03. The fourth-order valence-corrected chi connectivity index (χ4v) is 5.68. The number of hydrogen-bond acceptors (Lipinski definition) is 9. The molecule has 1 N–H and O–H groups in total. The highest BCUT2D eigenvalue weighted by atomic mass is 32.1. The van der Waals surface area contributed by atoms with Gasteiger partial charge in [0.15, 0.2) is 17.3 Å². The van der Waals surface area contributed by atoms with Crippen LogP contribution in [0.15, 0.2) is 29.5 Å². The van der Waals surface area contributed by atoms with Crippen LogP contribution in [0.4, 0.5) is 0 Å². The number of ketones is 1. The molecule has 2 aliphatic rings. The third-order valence-corrected chi connectivity index (χ3v) is 7.83. The number of aliphatic hydroxyl groups excluding tert-OH is 1. The summed E-state index contributed by atoms with van der Waals surface area (Å²) in [6.45, 7) is 12.4. The number of aromatic nitrogens is 1. The van der Waals surface area contributed by atoms with Crippen molar-refractivity contribution in [1.82, 2.24) is 14.8 Å². The Morgan fingerprint density at radius 2 is 1.92 bits per heavy atom. The Labute approximate surface area is 228 Å². The summed E-state index contributed by atoms with van der Waals surface area (Å²) in [7, 11) is 0. The van der Waals surface area contributed by atoms with Crippen LogP contribution < -0.4 is 9.47 Å². The Bertz CT molecular complexity index is 1190. The van der Waals surface area contributed by atoms with Crippen LogP contribution in [0.2, 0.25) is 0 Å². The van der Waals surface area contributed by atoms with Crippen molar-refractivity contribution in [2.75, 3.05) is 52.6 Å². The molecule has 0 radical (unpaired) electrons. The summed E-state index contributed by atoms with van der Waals surface area (Å²) in [5, 5.41) is 11.8. The third-order valence-electron chi connectivity index (χ3n) is 6.76. The van der Waals surface area contributed by atoms with Crippen LogP contribution >= 0.6 is 11.3 Å². The molecule has 1 aromatic carbocycles. The highest BCUT2D eigenvalue weighted by Crippen LogP contribution is 2.42. The van der Waals surface area contributed by atoms with Gasteiger partial charge in [-0.1, -0.05) is 19.4 Å². The first-order chi connectivity index (χ1) is 18.3. The van der Waals surface area contributed by atoms with E-state index in [2.05, 4.69) is 16.8 Å². The smallest absolute Gasteiger partial charge is 0.290 e. The number of benzene rings is 1. The molecule has 38 heavy (non-hydrogen) atoms. The van der Waals surface area contributed by atoms with Crippen LogP contribution in [0.25, 0.3) is 0 Å². The van der Waals surface area contributed by atoms with Crippen LogP contribution in [-0.4, -0.2) is 84.2 Å². The monoisotopic (exact) mass is 543 g/mol. The number of amides is 1. The maximum atomic E-state index is 13.8. The fourth-order valence-electron chi connectivity index (χ4n) is 4.81. The zero-order valence-electron chi connectivity index (χ0n) is 22.6. The first-order valence-electron chi connectivity index (χ1n) is 13.3. The minimum Gasteiger partial charge on any atom is -0.503 e. The fraction of sp³-hybridized carbons (Fsp3) is 0.536. The summed E-state index contributed by atoms with van der Waals surface area (Å²) in [6, 6.07) is 4.73. The summed E-state index contributed by atoms with van der Waals surface area (Å²) in [5.41, 5.74) is 1.34. The number of nitrogens with zero attached hydrogens (tertiary/aromatic N) is 3. The second kappa shape index (κ2) is 12.7. The van der Waals surface area contributed by atoms with Gasteiger partial charge in [-0.15, -0.1) is 11.3 Å². The molecular weight excluding hydrogens is 506 g/mol. The van der Waals surface area contributed by atoms with E-state index in [1.165, 1.54) is 11.3 Å². The molecule has 0 bridgehead atoms. The van der Waals surface area contributed by atoms with E-state index in [9.17, 15) is 14.7 Å². The number of Topliss-reactive ketones (excluding diaryl/α,β-unsaturated/α-hetero) is 1. The molecule has 4 rings (SSSR count). The number of aliphatic hydroxyl groups is 1. The summed E-state index contributed by atoms with van der Waals surface area (Å²) in [6.07, 6.45) is 1.93. The van der Waals surface area contributed by atoms with Gasteiger partial charge in [-0.2, -0.15) is 0 Å². The van der Waals surface area contributed by atoms with E-state index in [1.807, 2.05) is 32.0 Å². The molecule has 0 aliphatic carbocycles. The number of carbonyl (C=O) groups is 2. The molecule has 0 spiro atoms. The van der Waals surface area contributed by atoms with Crippen LogP contribution in [0.5, 0.6) is 11.5 Å². The molecule has 1 atom stereocenters. The Balaban J connectivity index is 1.72. The molecule has 1 unspecified atom stereocenters. The first-order valence-corrected chi connectivity index (χ1v) is 14.1. The Hall–Kier alpha value is -2.95. The average Bonchev–Trinajstić information content (AvgIpc) is 3.38. The summed E-state index contributed by atoms with van der Waals surface area (Å²) < 4.78 is 17.3. The number of aryl methyl sites for hydroxylation is 2. The normalized spacial score (nSPS) is 18.4. The molecule has 1 amide bonds. The lowest BCUT2D eigenvalue weighted by molar-refractivity contribution is -0.129. The molecule has 1 saturated heterocycles. The van der Waals surface area contributed by atoms with Crippen LogP contribution in [0.1, 0.15) is 58.7 Å². The average molecular weight is 544 g/mol. The SMILES string of the molecule is CCCCOc1ccc(C2C(C(=O)c3sc(C)nc3C)=C(O)C(=O)N2CCN2CCOCC2)cc1OCC. The largest absolute Gasteiger partial charge is 0.503 e. The lowest BCUT2D eigenvalue weighted by Crippen LogP contribution is -2.43. The lowest BCUT2D eigenvalue weighted by Gasteiger charge is -2.32. The maximum Gasteiger partial charge on any atom is 0.290 e. The molecule has 10 heteroatoms. The molecule has 3 heterocycles. The van der Waals surface area contributed by atoms with Gasteiger partial charge >= 0.3 is 0 Å². The Morgan fingerprint density at radius 3 is 2.58 bits per heavy atom. The number of morpholine rings is 1. The van der Waals surface area contributed by atoms with Crippen molar-refractivity contribution in [3.05, 3.63) is 50.7 Å². The van der Waals surface area contributed by atoms with Gasteiger partial charge in [0.05, 0.1) is 53.6 Å². The molecular formula is C28H37N3O6S. The zero-order chi connectivity index (χ0) is 27.2. The topological polar surface area (TPSA) is 101 Å². The van der Waals surface area contributed by atoms with Crippen LogP contribution in [0, 0.1) is 13.8 Å². The van der Waals surface area contributed by atoms with E-state index in [0.717, 1.165) is 30.9 Å². The highest BCUT2D eigenvalue weighted by Gasteiger charge is 2.44. The van der Waals surface area contributed by atoms with Crippen LogP contribution in [0.3, 0.4) is 0 Å². The second-order valence-corrected chi connectivity index (χ2v) is 10.6. The minimum absolute atomic E-state index is 0.0748. The van der Waals surface area contributed by atoms with Gasteiger partial charge in [0.1, 0.15) is 0 Å². The van der Waals surface area contributed by atoms with E-state index in [0.29, 0.717) is 67.2 Å². The zero-order valence-corrected chi connectivity index (χ0v) is 23.4. The summed E-state index contributed by atoms with van der Waals surface area (Å²) >= 11 is 1.27. The van der Waals surface area contributed by atoms with E-state index >= 15 is 0 Å². The molecule has 1 fully saturated rings. The number of rotatable bonds is 12.